The zero-order chi connectivity index (χ0) is 16.7. The Balaban J connectivity index is 2.24. The maximum Gasteiger partial charge on any atom is 0.341 e. The molecule has 23 heavy (non-hydrogen) atoms. The molecule has 2 N–H and O–H groups in total. The molecule has 2 aromatic carbocycles. The van der Waals surface area contributed by atoms with Gasteiger partial charge in [0.15, 0.2) is 0 Å². The number of hydrogen-bond acceptors (Lipinski definition) is 6. The third kappa shape index (κ3) is 4.00. The fourth-order valence-electron chi connectivity index (χ4n) is 2.10. The molecule has 0 fully saturated rings. The minimum Gasteiger partial charge on any atom is -0.496 e. The van der Waals surface area contributed by atoms with E-state index in [4.69, 9.17) is 20.1 Å². The van der Waals surface area contributed by atoms with Gasteiger partial charge < -0.3 is 20.1 Å². The van der Waals surface area contributed by atoms with Crippen LogP contribution in [0.3, 0.4) is 0 Å². The summed E-state index contributed by atoms with van der Waals surface area (Å²) in [5.74, 6) is 5.84. The lowest BCUT2D eigenvalue weighted by molar-refractivity contribution is 0.0595. The summed E-state index contributed by atoms with van der Waals surface area (Å²) in [4.78, 5) is 11.7. The van der Waals surface area contributed by atoms with Crippen LogP contribution >= 0.6 is 0 Å². The third-order valence-electron chi connectivity index (χ3n) is 3.20. The van der Waals surface area contributed by atoms with Crippen molar-refractivity contribution in [2.45, 2.75) is 6.61 Å². The van der Waals surface area contributed by atoms with Gasteiger partial charge >= 0.3 is 5.97 Å². The fourth-order valence-corrected chi connectivity index (χ4v) is 2.10. The first kappa shape index (κ1) is 16.4. The second-order valence-electron chi connectivity index (χ2n) is 4.63. The number of carbonyl (C=O) groups is 1. The van der Waals surface area contributed by atoms with Crippen molar-refractivity contribution in [3.63, 3.8) is 0 Å². The van der Waals surface area contributed by atoms with Gasteiger partial charge in [-0.1, -0.05) is 12.1 Å². The maximum atomic E-state index is 11.7. The van der Waals surface area contributed by atoms with Gasteiger partial charge in [-0.3, -0.25) is 0 Å². The second-order valence-corrected chi connectivity index (χ2v) is 4.63. The largest absolute Gasteiger partial charge is 0.496 e. The summed E-state index contributed by atoms with van der Waals surface area (Å²) in [5, 5.41) is 3.50. The topological polar surface area (TPSA) is 83.1 Å². The van der Waals surface area contributed by atoms with Gasteiger partial charge in [0, 0.05) is 5.56 Å². The van der Waals surface area contributed by atoms with Crippen molar-refractivity contribution in [3.8, 4) is 11.5 Å². The highest BCUT2D eigenvalue weighted by Gasteiger charge is 2.13. The van der Waals surface area contributed by atoms with Crippen LogP contribution < -0.4 is 15.3 Å². The molecule has 0 unspecified atom stereocenters. The average Bonchev–Trinajstić information content (AvgIpc) is 2.60. The van der Waals surface area contributed by atoms with Gasteiger partial charge in [0.1, 0.15) is 23.7 Å². The molecule has 0 radical (unpaired) electrons. The van der Waals surface area contributed by atoms with E-state index in [1.54, 1.807) is 31.4 Å². The Morgan fingerprint density at radius 2 is 1.96 bits per heavy atom. The Morgan fingerprint density at radius 3 is 2.65 bits per heavy atom. The number of nitrogens with zero attached hydrogens (tertiary/aromatic N) is 1. The standard InChI is InChI=1S/C17H18N2O4/c1-21-15-8-7-12(10-19-18)9-13(15)11-23-16-6-4-3-5-14(16)17(20)22-2/h3-10H,11,18H2,1-2H3. The Hall–Kier alpha value is -3.02. The van der Waals surface area contributed by atoms with E-state index < -0.39 is 5.97 Å². The number of nitrogens with two attached hydrogens (primary N) is 1. The van der Waals surface area contributed by atoms with E-state index in [1.165, 1.54) is 13.3 Å². The molecule has 0 aromatic heterocycles. The number of hydrogen-bond donors (Lipinski definition) is 1. The first-order valence-electron chi connectivity index (χ1n) is 6.90. The predicted molar refractivity (Wildman–Crippen MR) is 86.9 cm³/mol. The van der Waals surface area contributed by atoms with Gasteiger partial charge in [-0.25, -0.2) is 4.79 Å². The normalized spacial score (nSPS) is 10.5. The summed E-state index contributed by atoms with van der Waals surface area (Å²) in [6.07, 6.45) is 1.53. The van der Waals surface area contributed by atoms with Crippen molar-refractivity contribution in [2.75, 3.05) is 14.2 Å². The van der Waals surface area contributed by atoms with Crippen LogP contribution in [0, 0.1) is 0 Å². The number of carbonyl (C=O) groups excluding carboxylic acids is 1. The molecule has 2 rings (SSSR count). The zero-order valence-electron chi connectivity index (χ0n) is 13.0. The van der Waals surface area contributed by atoms with Crippen molar-refractivity contribution in [2.24, 2.45) is 10.9 Å². The van der Waals surface area contributed by atoms with Crippen LogP contribution in [0.25, 0.3) is 0 Å². The highest BCUT2D eigenvalue weighted by Crippen LogP contribution is 2.24. The summed E-state index contributed by atoms with van der Waals surface area (Å²) < 4.78 is 15.8. The van der Waals surface area contributed by atoms with E-state index >= 15 is 0 Å². The molecule has 2 aromatic rings. The van der Waals surface area contributed by atoms with Crippen LogP contribution in [0.4, 0.5) is 0 Å². The predicted octanol–water partition coefficient (Wildman–Crippen LogP) is 2.35. The smallest absolute Gasteiger partial charge is 0.341 e. The van der Waals surface area contributed by atoms with E-state index in [9.17, 15) is 4.79 Å². The van der Waals surface area contributed by atoms with E-state index in [0.717, 1.165) is 11.1 Å². The molecule has 0 saturated heterocycles. The number of para-hydroxylation sites is 1. The molecule has 0 aliphatic heterocycles. The number of rotatable bonds is 6. The van der Waals surface area contributed by atoms with E-state index in [-0.39, 0.29) is 6.61 Å². The average molecular weight is 314 g/mol. The van der Waals surface area contributed by atoms with E-state index in [0.29, 0.717) is 17.1 Å². The van der Waals surface area contributed by atoms with Gasteiger partial charge in [0.25, 0.3) is 0 Å². The van der Waals surface area contributed by atoms with Gasteiger partial charge in [0.2, 0.25) is 0 Å². The fraction of sp³-hybridized carbons (Fsp3) is 0.176. The van der Waals surface area contributed by atoms with Crippen molar-refractivity contribution in [1.82, 2.24) is 0 Å². The summed E-state index contributed by atoms with van der Waals surface area (Å²) in [5.41, 5.74) is 2.01. The first-order chi connectivity index (χ1) is 11.2. The summed E-state index contributed by atoms with van der Waals surface area (Å²) in [7, 11) is 2.91. The molecule has 0 bridgehead atoms. The molecule has 0 saturated carbocycles. The number of ether oxygens (including phenoxy) is 3. The molecule has 120 valence electrons. The van der Waals surface area contributed by atoms with Crippen molar-refractivity contribution in [1.29, 1.82) is 0 Å². The Labute approximate surface area is 134 Å². The van der Waals surface area contributed by atoms with Gasteiger partial charge in [-0.05, 0) is 35.9 Å². The molecule has 6 nitrogen and oxygen atoms in total. The molecule has 0 aliphatic carbocycles. The number of hydrazone groups is 1. The van der Waals surface area contributed by atoms with Crippen LogP contribution in [-0.4, -0.2) is 26.4 Å². The highest BCUT2D eigenvalue weighted by atomic mass is 16.5. The Kier molecular flexibility index (Phi) is 5.57. The highest BCUT2D eigenvalue weighted by molar-refractivity contribution is 5.92. The van der Waals surface area contributed by atoms with Crippen molar-refractivity contribution < 1.29 is 19.0 Å². The van der Waals surface area contributed by atoms with Gasteiger partial charge in [-0.2, -0.15) is 5.10 Å². The van der Waals surface area contributed by atoms with Crippen LogP contribution in [0.2, 0.25) is 0 Å². The lowest BCUT2D eigenvalue weighted by Gasteiger charge is -2.13. The van der Waals surface area contributed by atoms with Crippen LogP contribution in [0.15, 0.2) is 47.6 Å². The summed E-state index contributed by atoms with van der Waals surface area (Å²) >= 11 is 0. The number of benzene rings is 2. The second kappa shape index (κ2) is 7.84. The van der Waals surface area contributed by atoms with Crippen LogP contribution in [-0.2, 0) is 11.3 Å². The molecule has 6 heteroatoms. The lowest BCUT2D eigenvalue weighted by Crippen LogP contribution is -2.06. The quantitative estimate of drug-likeness (QED) is 0.383. The molecule has 0 heterocycles. The molecule has 0 amide bonds. The van der Waals surface area contributed by atoms with Crippen LogP contribution in [0.5, 0.6) is 11.5 Å². The molecular weight excluding hydrogens is 296 g/mol. The SMILES string of the molecule is COC(=O)c1ccccc1OCc1cc(C=NN)ccc1OC. The van der Waals surface area contributed by atoms with Crippen molar-refractivity contribution in [3.05, 3.63) is 59.2 Å². The minimum absolute atomic E-state index is 0.226. The van der Waals surface area contributed by atoms with E-state index in [1.807, 2.05) is 18.2 Å². The van der Waals surface area contributed by atoms with Crippen molar-refractivity contribution >= 4 is 12.2 Å². The van der Waals surface area contributed by atoms with E-state index in [2.05, 4.69) is 5.10 Å². The minimum atomic E-state index is -0.448. The first-order valence-corrected chi connectivity index (χ1v) is 6.90. The summed E-state index contributed by atoms with van der Waals surface area (Å²) in [6.45, 7) is 0.226. The number of esters is 1. The monoisotopic (exact) mass is 314 g/mol. The molecule has 0 aliphatic rings. The Bertz CT molecular complexity index is 713. The van der Waals surface area contributed by atoms with Gasteiger partial charge in [-0.15, -0.1) is 0 Å². The zero-order valence-corrected chi connectivity index (χ0v) is 13.0. The van der Waals surface area contributed by atoms with Crippen LogP contribution in [0.1, 0.15) is 21.5 Å². The summed E-state index contributed by atoms with van der Waals surface area (Å²) in [6, 6.07) is 12.4. The molecule has 0 spiro atoms. The third-order valence-corrected chi connectivity index (χ3v) is 3.20. The molecule has 0 atom stereocenters. The Morgan fingerprint density at radius 1 is 1.17 bits per heavy atom. The molecular formula is C17H18N2O4. The number of methoxy groups -OCH3 is 2. The maximum absolute atomic E-state index is 11.7. The van der Waals surface area contributed by atoms with Gasteiger partial charge in [0.05, 0.1) is 20.4 Å². The lowest BCUT2D eigenvalue weighted by atomic mass is 10.1.